The number of hydrogen-bond acceptors (Lipinski definition) is 5. The van der Waals surface area contributed by atoms with Crippen LogP contribution >= 0.6 is 11.8 Å². The molecular weight excluding hydrogens is 434 g/mol. The third kappa shape index (κ3) is 4.08. The molecule has 2 heterocycles. The fourth-order valence-corrected chi connectivity index (χ4v) is 6.42. The molecule has 0 fully saturated rings. The fraction of sp³-hybridized carbons (Fsp3) is 0.333. The summed E-state index contributed by atoms with van der Waals surface area (Å²) in [6.45, 7) is 4.27. The topological polar surface area (TPSA) is 68.7 Å². The summed E-state index contributed by atoms with van der Waals surface area (Å²) >= 11 is 1.69. The molecule has 1 N–H and O–H groups in total. The van der Waals surface area contributed by atoms with E-state index >= 15 is 0 Å². The number of hydrogen-bond donors (Lipinski definition) is 1. The third-order valence-electron chi connectivity index (χ3n) is 6.66. The summed E-state index contributed by atoms with van der Waals surface area (Å²) in [6.07, 6.45) is 3.78. The van der Waals surface area contributed by atoms with Gasteiger partial charge in [0.15, 0.2) is 0 Å². The van der Waals surface area contributed by atoms with Crippen LogP contribution in [0, 0.1) is 13.8 Å². The first-order valence-corrected chi connectivity index (χ1v) is 12.2. The Morgan fingerprint density at radius 2 is 1.97 bits per heavy atom. The molecule has 2 aromatic carbocycles. The number of thioether (sulfide) groups is 1. The molecule has 1 aromatic heterocycles. The number of ether oxygens (including phenoxy) is 2. The van der Waals surface area contributed by atoms with Crippen molar-refractivity contribution >= 4 is 17.7 Å². The molecule has 33 heavy (non-hydrogen) atoms. The van der Waals surface area contributed by atoms with Crippen molar-refractivity contribution in [2.45, 2.75) is 50.0 Å². The number of rotatable bonds is 6. The SMILES string of the molecule is COc1cc(C)c(-c2cccc3c2CCC3Oc2cc3c(cn2)C(CC(=O)O)CS3)c(C)c1. The van der Waals surface area contributed by atoms with Gasteiger partial charge in [0.1, 0.15) is 11.9 Å². The zero-order valence-electron chi connectivity index (χ0n) is 19.1. The van der Waals surface area contributed by atoms with E-state index in [0.29, 0.717) is 5.88 Å². The molecule has 1 aliphatic carbocycles. The standard InChI is InChI=1S/C27H27NO4S/c1-15-9-18(31-3)10-16(2)27(15)21-6-4-5-20-19(21)7-8-23(20)32-25-12-24-22(13-28-25)17(14-33-24)11-26(29)30/h4-6,9-10,12-13,17,23H,7-8,11,14H2,1-3H3,(H,29,30). The van der Waals surface area contributed by atoms with Gasteiger partial charge in [-0.3, -0.25) is 4.79 Å². The predicted octanol–water partition coefficient (Wildman–Crippen LogP) is 6.10. The Morgan fingerprint density at radius 1 is 1.18 bits per heavy atom. The van der Waals surface area contributed by atoms with Crippen LogP contribution in [0.2, 0.25) is 0 Å². The molecule has 0 amide bonds. The zero-order chi connectivity index (χ0) is 23.1. The van der Waals surface area contributed by atoms with Crippen molar-refractivity contribution in [1.82, 2.24) is 4.98 Å². The molecule has 0 radical (unpaired) electrons. The molecule has 5 rings (SSSR count). The maximum Gasteiger partial charge on any atom is 0.303 e. The highest BCUT2D eigenvalue weighted by molar-refractivity contribution is 7.99. The van der Waals surface area contributed by atoms with E-state index in [9.17, 15) is 4.79 Å². The van der Waals surface area contributed by atoms with Gasteiger partial charge >= 0.3 is 5.97 Å². The highest BCUT2D eigenvalue weighted by Gasteiger charge is 2.30. The van der Waals surface area contributed by atoms with Crippen molar-refractivity contribution in [2.24, 2.45) is 0 Å². The highest BCUT2D eigenvalue weighted by atomic mass is 32.2. The number of pyridine rings is 1. The maximum absolute atomic E-state index is 11.1. The molecule has 170 valence electrons. The van der Waals surface area contributed by atoms with E-state index in [1.807, 2.05) is 6.07 Å². The molecule has 5 nitrogen and oxygen atoms in total. The highest BCUT2D eigenvalue weighted by Crippen LogP contribution is 2.45. The van der Waals surface area contributed by atoms with Gasteiger partial charge in [-0.1, -0.05) is 18.2 Å². The normalized spacial score (nSPS) is 18.6. The van der Waals surface area contributed by atoms with Gasteiger partial charge in [0, 0.05) is 28.8 Å². The third-order valence-corrected chi connectivity index (χ3v) is 7.89. The second-order valence-corrected chi connectivity index (χ2v) is 9.88. The number of aromatic nitrogens is 1. The van der Waals surface area contributed by atoms with Crippen LogP contribution in [0.25, 0.3) is 11.1 Å². The quantitative estimate of drug-likeness (QED) is 0.478. The number of benzene rings is 2. The van der Waals surface area contributed by atoms with Crippen LogP contribution in [-0.4, -0.2) is 28.9 Å². The Morgan fingerprint density at radius 3 is 2.70 bits per heavy atom. The Hall–Kier alpha value is -2.99. The Balaban J connectivity index is 1.42. The van der Waals surface area contributed by atoms with Crippen LogP contribution in [0.1, 0.15) is 52.7 Å². The number of carboxylic acids is 1. The summed E-state index contributed by atoms with van der Waals surface area (Å²) in [7, 11) is 1.70. The molecule has 0 saturated heterocycles. The lowest BCUT2D eigenvalue weighted by molar-refractivity contribution is -0.137. The molecule has 0 bridgehead atoms. The summed E-state index contributed by atoms with van der Waals surface area (Å²) in [5.41, 5.74) is 8.54. The number of methoxy groups -OCH3 is 1. The van der Waals surface area contributed by atoms with Crippen LogP contribution in [-0.2, 0) is 11.2 Å². The van der Waals surface area contributed by atoms with Gasteiger partial charge in [-0.25, -0.2) is 4.98 Å². The van der Waals surface area contributed by atoms with Crippen LogP contribution in [0.3, 0.4) is 0 Å². The number of aryl methyl sites for hydroxylation is 2. The lowest BCUT2D eigenvalue weighted by atomic mass is 9.90. The average molecular weight is 462 g/mol. The minimum absolute atomic E-state index is 0.0230. The lowest BCUT2D eigenvalue weighted by Crippen LogP contribution is -2.07. The lowest BCUT2D eigenvalue weighted by Gasteiger charge is -2.18. The second-order valence-electron chi connectivity index (χ2n) is 8.82. The molecule has 0 spiro atoms. The minimum atomic E-state index is -0.769. The van der Waals surface area contributed by atoms with Gasteiger partial charge in [-0.05, 0) is 77.8 Å². The number of carboxylic acid groups (broad SMARTS) is 1. The second kappa shape index (κ2) is 8.75. The summed E-state index contributed by atoms with van der Waals surface area (Å²) < 4.78 is 11.8. The number of aliphatic carboxylic acids is 1. The Kier molecular flexibility index (Phi) is 5.79. The molecule has 0 saturated carbocycles. The van der Waals surface area contributed by atoms with Gasteiger partial charge in [-0.15, -0.1) is 11.8 Å². The first-order chi connectivity index (χ1) is 15.9. The summed E-state index contributed by atoms with van der Waals surface area (Å²) in [4.78, 5) is 16.7. The molecule has 2 unspecified atom stereocenters. The average Bonchev–Trinajstić information content (AvgIpc) is 3.37. The Bertz CT molecular complexity index is 1220. The molecule has 2 atom stereocenters. The van der Waals surface area contributed by atoms with Crippen molar-refractivity contribution in [3.8, 4) is 22.8 Å². The van der Waals surface area contributed by atoms with E-state index in [1.54, 1.807) is 25.1 Å². The van der Waals surface area contributed by atoms with E-state index in [2.05, 4.69) is 49.2 Å². The van der Waals surface area contributed by atoms with Crippen LogP contribution in [0.4, 0.5) is 0 Å². The largest absolute Gasteiger partial charge is 0.497 e. The minimum Gasteiger partial charge on any atom is -0.497 e. The number of carbonyl (C=O) groups is 1. The smallest absolute Gasteiger partial charge is 0.303 e. The van der Waals surface area contributed by atoms with Gasteiger partial charge in [0.25, 0.3) is 0 Å². The first-order valence-electron chi connectivity index (χ1n) is 11.2. The molecule has 2 aliphatic rings. The Labute approximate surface area is 198 Å². The van der Waals surface area contributed by atoms with Crippen molar-refractivity contribution in [3.05, 3.63) is 70.4 Å². The van der Waals surface area contributed by atoms with Crippen LogP contribution in [0.15, 0.2) is 47.5 Å². The van der Waals surface area contributed by atoms with E-state index in [0.717, 1.165) is 34.8 Å². The van der Waals surface area contributed by atoms with Crippen molar-refractivity contribution in [2.75, 3.05) is 12.9 Å². The fourth-order valence-electron chi connectivity index (χ4n) is 5.17. The maximum atomic E-state index is 11.1. The summed E-state index contributed by atoms with van der Waals surface area (Å²) in [6, 6.07) is 12.6. The van der Waals surface area contributed by atoms with Gasteiger partial charge < -0.3 is 14.6 Å². The summed E-state index contributed by atoms with van der Waals surface area (Å²) in [5, 5.41) is 9.14. The van der Waals surface area contributed by atoms with Crippen LogP contribution in [0.5, 0.6) is 11.6 Å². The van der Waals surface area contributed by atoms with Crippen LogP contribution < -0.4 is 9.47 Å². The van der Waals surface area contributed by atoms with E-state index in [1.165, 1.54) is 33.4 Å². The van der Waals surface area contributed by atoms with E-state index in [4.69, 9.17) is 14.6 Å². The number of fused-ring (bicyclic) bond motifs is 2. The van der Waals surface area contributed by atoms with Crippen molar-refractivity contribution in [1.29, 1.82) is 0 Å². The predicted molar refractivity (Wildman–Crippen MR) is 130 cm³/mol. The van der Waals surface area contributed by atoms with E-state index < -0.39 is 5.97 Å². The zero-order valence-corrected chi connectivity index (χ0v) is 19.9. The first kappa shape index (κ1) is 21.8. The molecule has 6 heteroatoms. The van der Waals surface area contributed by atoms with Gasteiger partial charge in [0.05, 0.1) is 13.5 Å². The molecular formula is C27H27NO4S. The van der Waals surface area contributed by atoms with Gasteiger partial charge in [-0.2, -0.15) is 0 Å². The molecule has 1 aliphatic heterocycles. The van der Waals surface area contributed by atoms with Gasteiger partial charge in [0.2, 0.25) is 5.88 Å². The monoisotopic (exact) mass is 461 g/mol. The van der Waals surface area contributed by atoms with Crippen molar-refractivity contribution in [3.63, 3.8) is 0 Å². The van der Waals surface area contributed by atoms with Crippen molar-refractivity contribution < 1.29 is 19.4 Å². The summed E-state index contributed by atoms with van der Waals surface area (Å²) in [5.74, 6) is 1.53. The molecule has 3 aromatic rings. The van der Waals surface area contributed by atoms with E-state index in [-0.39, 0.29) is 18.4 Å². The number of nitrogens with zero attached hydrogens (tertiary/aromatic N) is 1.